The molecule has 6 heteroatoms. The summed E-state index contributed by atoms with van der Waals surface area (Å²) in [6, 6.07) is 10.2. The molecule has 3 rings (SSSR count). The van der Waals surface area contributed by atoms with Crippen molar-refractivity contribution in [1.29, 1.82) is 0 Å². The molecular weight excluding hydrogens is 378 g/mol. The second kappa shape index (κ2) is 9.67. The van der Waals surface area contributed by atoms with Gasteiger partial charge in [0.1, 0.15) is 5.76 Å². The van der Waals surface area contributed by atoms with E-state index < -0.39 is 17.7 Å². The maximum absolute atomic E-state index is 13.0. The van der Waals surface area contributed by atoms with Crippen LogP contribution in [0.5, 0.6) is 0 Å². The number of aliphatic hydroxyl groups excluding tert-OH is 1. The molecule has 0 spiro atoms. The fraction of sp³-hybridized carbons (Fsp3) is 0.375. The Morgan fingerprint density at radius 2 is 1.70 bits per heavy atom. The fourth-order valence-corrected chi connectivity index (χ4v) is 3.87. The zero-order valence-electron chi connectivity index (χ0n) is 17.8. The number of ketones is 1. The van der Waals surface area contributed by atoms with E-state index in [0.717, 1.165) is 37.2 Å². The molecule has 1 N–H and O–H groups in total. The van der Waals surface area contributed by atoms with E-state index >= 15 is 0 Å². The Morgan fingerprint density at radius 1 is 1.07 bits per heavy atom. The summed E-state index contributed by atoms with van der Waals surface area (Å²) >= 11 is 0. The number of carbonyl (C=O) groups is 2. The summed E-state index contributed by atoms with van der Waals surface area (Å²) in [5, 5.41) is 11.0. The Kier molecular flexibility index (Phi) is 7.00. The molecule has 0 aliphatic carbocycles. The summed E-state index contributed by atoms with van der Waals surface area (Å²) in [4.78, 5) is 33.8. The maximum Gasteiger partial charge on any atom is 0.295 e. The largest absolute Gasteiger partial charge is 0.507 e. The number of nitrogens with zero attached hydrogens (tertiary/aromatic N) is 3. The lowest BCUT2D eigenvalue weighted by atomic mass is 9.95. The summed E-state index contributed by atoms with van der Waals surface area (Å²) < 4.78 is 0. The minimum atomic E-state index is -0.641. The molecule has 2 aromatic rings. The fourth-order valence-electron chi connectivity index (χ4n) is 3.87. The lowest BCUT2D eigenvalue weighted by Crippen LogP contribution is -2.33. The predicted molar refractivity (Wildman–Crippen MR) is 117 cm³/mol. The first-order chi connectivity index (χ1) is 14.5. The molecule has 0 bridgehead atoms. The summed E-state index contributed by atoms with van der Waals surface area (Å²) in [5.74, 6) is -1.34. The SMILES string of the molecule is CCN(CC)CCCN1C(=O)C(=O)C(=C(O)c2ccc(C)cc2)[C@H]1c1ccncc1. The minimum Gasteiger partial charge on any atom is -0.507 e. The van der Waals surface area contributed by atoms with Crippen LogP contribution in [0.25, 0.3) is 5.76 Å². The molecule has 30 heavy (non-hydrogen) atoms. The van der Waals surface area contributed by atoms with Gasteiger partial charge in [0.05, 0.1) is 11.6 Å². The molecule has 0 saturated carbocycles. The second-order valence-corrected chi connectivity index (χ2v) is 7.52. The molecule has 6 nitrogen and oxygen atoms in total. The number of amides is 1. The van der Waals surface area contributed by atoms with Crippen molar-refractivity contribution in [3.63, 3.8) is 0 Å². The molecule has 158 valence electrons. The van der Waals surface area contributed by atoms with E-state index in [9.17, 15) is 14.7 Å². The first kappa shape index (κ1) is 21.7. The van der Waals surface area contributed by atoms with Gasteiger partial charge in [0.2, 0.25) is 0 Å². The average molecular weight is 408 g/mol. The summed E-state index contributed by atoms with van der Waals surface area (Å²) in [6.07, 6.45) is 4.02. The van der Waals surface area contributed by atoms with Gasteiger partial charge in [-0.15, -0.1) is 0 Å². The highest BCUT2D eigenvalue weighted by molar-refractivity contribution is 6.46. The molecule has 1 amide bonds. The minimum absolute atomic E-state index is 0.137. The van der Waals surface area contributed by atoms with Gasteiger partial charge < -0.3 is 14.9 Å². The van der Waals surface area contributed by atoms with Crippen LogP contribution in [0.3, 0.4) is 0 Å². The number of Topliss-reactive ketones (excluding diaryl/α,β-unsaturated/α-hetero) is 1. The number of hydrogen-bond donors (Lipinski definition) is 1. The normalized spacial score (nSPS) is 18.4. The molecule has 1 atom stereocenters. The number of hydrogen-bond acceptors (Lipinski definition) is 5. The zero-order valence-corrected chi connectivity index (χ0v) is 17.8. The molecule has 1 aliphatic heterocycles. The van der Waals surface area contributed by atoms with E-state index in [1.54, 1.807) is 41.6 Å². The number of aromatic nitrogens is 1. The number of likely N-dealkylation sites (tertiary alicyclic amines) is 1. The third-order valence-electron chi connectivity index (χ3n) is 5.65. The van der Waals surface area contributed by atoms with E-state index in [-0.39, 0.29) is 11.3 Å². The quantitative estimate of drug-likeness (QED) is 0.412. The molecule has 0 radical (unpaired) electrons. The van der Waals surface area contributed by atoms with Gasteiger partial charge in [-0.2, -0.15) is 0 Å². The Balaban J connectivity index is 1.99. The van der Waals surface area contributed by atoms with Crippen molar-refractivity contribution < 1.29 is 14.7 Å². The second-order valence-electron chi connectivity index (χ2n) is 7.52. The van der Waals surface area contributed by atoms with Crippen molar-refractivity contribution in [1.82, 2.24) is 14.8 Å². The van der Waals surface area contributed by atoms with Crippen molar-refractivity contribution >= 4 is 17.4 Å². The third kappa shape index (κ3) is 4.44. The Hall–Kier alpha value is -2.99. The van der Waals surface area contributed by atoms with Crippen molar-refractivity contribution in [3.8, 4) is 0 Å². The van der Waals surface area contributed by atoms with Gasteiger partial charge in [-0.25, -0.2) is 0 Å². The van der Waals surface area contributed by atoms with Gasteiger partial charge in [-0.3, -0.25) is 14.6 Å². The van der Waals surface area contributed by atoms with E-state index in [1.807, 2.05) is 19.1 Å². The van der Waals surface area contributed by atoms with Crippen molar-refractivity contribution in [3.05, 3.63) is 71.1 Å². The van der Waals surface area contributed by atoms with Gasteiger partial charge in [0, 0.05) is 24.5 Å². The summed E-state index contributed by atoms with van der Waals surface area (Å²) in [7, 11) is 0. The topological polar surface area (TPSA) is 73.7 Å². The Labute approximate surface area is 177 Å². The smallest absolute Gasteiger partial charge is 0.295 e. The van der Waals surface area contributed by atoms with Crippen LogP contribution in [0.4, 0.5) is 0 Å². The molecule has 2 heterocycles. The molecular formula is C24H29N3O3. The van der Waals surface area contributed by atoms with Gasteiger partial charge in [0.25, 0.3) is 11.7 Å². The van der Waals surface area contributed by atoms with Gasteiger partial charge in [0.15, 0.2) is 0 Å². The average Bonchev–Trinajstić information content (AvgIpc) is 3.02. The highest BCUT2D eigenvalue weighted by Crippen LogP contribution is 2.39. The third-order valence-corrected chi connectivity index (χ3v) is 5.65. The van der Waals surface area contributed by atoms with Gasteiger partial charge in [-0.1, -0.05) is 43.7 Å². The van der Waals surface area contributed by atoms with E-state index in [2.05, 4.69) is 23.7 Å². The van der Waals surface area contributed by atoms with Crippen molar-refractivity contribution in [2.75, 3.05) is 26.2 Å². The first-order valence-electron chi connectivity index (χ1n) is 10.5. The number of rotatable bonds is 8. The van der Waals surface area contributed by atoms with E-state index in [4.69, 9.17) is 0 Å². The summed E-state index contributed by atoms with van der Waals surface area (Å²) in [5.41, 5.74) is 2.48. The highest BCUT2D eigenvalue weighted by atomic mass is 16.3. The van der Waals surface area contributed by atoms with Crippen LogP contribution in [-0.4, -0.2) is 57.8 Å². The van der Waals surface area contributed by atoms with Crippen molar-refractivity contribution in [2.45, 2.75) is 33.2 Å². The van der Waals surface area contributed by atoms with Crippen LogP contribution >= 0.6 is 0 Å². The Morgan fingerprint density at radius 3 is 2.30 bits per heavy atom. The molecule has 0 unspecified atom stereocenters. The van der Waals surface area contributed by atoms with E-state index in [1.165, 1.54) is 0 Å². The van der Waals surface area contributed by atoms with Gasteiger partial charge >= 0.3 is 0 Å². The van der Waals surface area contributed by atoms with E-state index in [0.29, 0.717) is 12.1 Å². The van der Waals surface area contributed by atoms with Crippen LogP contribution < -0.4 is 0 Å². The van der Waals surface area contributed by atoms with Crippen molar-refractivity contribution in [2.24, 2.45) is 0 Å². The van der Waals surface area contributed by atoms with Crippen LogP contribution in [0.15, 0.2) is 54.4 Å². The first-order valence-corrected chi connectivity index (χ1v) is 10.5. The molecule has 1 aliphatic rings. The standard InChI is InChI=1S/C24H29N3O3/c1-4-26(5-2)15-6-16-27-21(18-11-13-25-14-12-18)20(23(29)24(27)30)22(28)19-9-7-17(3)8-10-19/h7-14,21,28H,4-6,15-16H2,1-3H3/t21-/m1/s1. The zero-order chi connectivity index (χ0) is 21.7. The number of pyridine rings is 1. The van der Waals surface area contributed by atoms with Crippen LogP contribution in [-0.2, 0) is 9.59 Å². The lowest BCUT2D eigenvalue weighted by Gasteiger charge is -2.26. The van der Waals surface area contributed by atoms with Gasteiger partial charge in [-0.05, 0) is 50.7 Å². The Bertz CT molecular complexity index is 918. The van der Waals surface area contributed by atoms with Crippen LogP contribution in [0.1, 0.15) is 43.0 Å². The number of aliphatic hydroxyl groups is 1. The summed E-state index contributed by atoms with van der Waals surface area (Å²) in [6.45, 7) is 9.33. The number of carbonyl (C=O) groups excluding carboxylic acids is 2. The number of benzene rings is 1. The molecule has 1 fully saturated rings. The highest BCUT2D eigenvalue weighted by Gasteiger charge is 2.45. The predicted octanol–water partition coefficient (Wildman–Crippen LogP) is 3.54. The molecule has 1 saturated heterocycles. The van der Waals surface area contributed by atoms with Crippen LogP contribution in [0, 0.1) is 6.92 Å². The molecule has 1 aromatic heterocycles. The lowest BCUT2D eigenvalue weighted by molar-refractivity contribution is -0.140. The van der Waals surface area contributed by atoms with Crippen LogP contribution in [0.2, 0.25) is 0 Å². The monoisotopic (exact) mass is 407 g/mol. The maximum atomic E-state index is 13.0. The number of aryl methyl sites for hydroxylation is 1. The molecule has 1 aromatic carbocycles.